The van der Waals surface area contributed by atoms with Crippen LogP contribution in [0.25, 0.3) is 0 Å². The van der Waals surface area contributed by atoms with Crippen molar-refractivity contribution in [2.24, 2.45) is 0 Å². The second kappa shape index (κ2) is 6.08. The fourth-order valence-electron chi connectivity index (χ4n) is 2.79. The van der Waals surface area contributed by atoms with Crippen LogP contribution in [0.4, 0.5) is 0 Å². The van der Waals surface area contributed by atoms with Gasteiger partial charge in [-0.25, -0.2) is 0 Å². The number of benzene rings is 2. The predicted octanol–water partition coefficient (Wildman–Crippen LogP) is 4.69. The molecule has 1 aliphatic heterocycles. The van der Waals surface area contributed by atoms with Crippen LogP contribution in [0, 0.1) is 0 Å². The highest BCUT2D eigenvalue weighted by molar-refractivity contribution is 6.30. The molecule has 0 radical (unpaired) electrons. The van der Waals surface area contributed by atoms with E-state index >= 15 is 0 Å². The van der Waals surface area contributed by atoms with Crippen molar-refractivity contribution in [2.45, 2.75) is 32.4 Å². The van der Waals surface area contributed by atoms with Crippen molar-refractivity contribution >= 4 is 11.6 Å². The zero-order valence-electron chi connectivity index (χ0n) is 12.4. The lowest BCUT2D eigenvalue weighted by Gasteiger charge is -2.21. The van der Waals surface area contributed by atoms with Crippen LogP contribution in [-0.2, 0) is 6.42 Å². The third-order valence-electron chi connectivity index (χ3n) is 4.08. The van der Waals surface area contributed by atoms with E-state index in [9.17, 15) is 0 Å². The van der Waals surface area contributed by atoms with E-state index in [0.717, 1.165) is 23.8 Å². The van der Waals surface area contributed by atoms with Gasteiger partial charge in [-0.15, -0.1) is 0 Å². The van der Waals surface area contributed by atoms with Gasteiger partial charge in [0, 0.05) is 23.5 Å². The molecule has 2 aromatic rings. The van der Waals surface area contributed by atoms with E-state index in [2.05, 4.69) is 49.5 Å². The number of ether oxygens (including phenoxy) is 1. The Morgan fingerprint density at radius 1 is 1.00 bits per heavy atom. The summed E-state index contributed by atoms with van der Waals surface area (Å²) in [6.45, 7) is 5.18. The van der Waals surface area contributed by atoms with E-state index < -0.39 is 0 Å². The van der Waals surface area contributed by atoms with Gasteiger partial charge in [0.15, 0.2) is 0 Å². The number of hydrogen-bond donors (Lipinski definition) is 1. The third-order valence-corrected chi connectivity index (χ3v) is 4.34. The number of fused-ring (bicyclic) bond motifs is 1. The second-order valence-corrected chi connectivity index (χ2v) is 6.06. The molecule has 0 aliphatic carbocycles. The highest BCUT2D eigenvalue weighted by Crippen LogP contribution is 2.29. The zero-order chi connectivity index (χ0) is 14.8. The number of nitrogens with one attached hydrogen (secondary N) is 1. The molecule has 2 aromatic carbocycles. The van der Waals surface area contributed by atoms with E-state index in [1.807, 2.05) is 12.1 Å². The number of halogens is 1. The smallest absolute Gasteiger partial charge is 0.122 e. The minimum absolute atomic E-state index is 0.279. The molecule has 0 aromatic heterocycles. The van der Waals surface area contributed by atoms with Gasteiger partial charge in [0.1, 0.15) is 5.75 Å². The van der Waals surface area contributed by atoms with Crippen molar-refractivity contribution in [1.82, 2.24) is 5.32 Å². The van der Waals surface area contributed by atoms with Crippen LogP contribution in [0.1, 0.15) is 42.6 Å². The summed E-state index contributed by atoms with van der Waals surface area (Å²) in [4.78, 5) is 0. The largest absolute Gasteiger partial charge is 0.493 e. The molecule has 1 heterocycles. The summed E-state index contributed by atoms with van der Waals surface area (Å²) >= 11 is 5.94. The molecular formula is C18H20ClNO. The molecule has 0 bridgehead atoms. The average Bonchev–Trinajstić information content (AvgIpc) is 2.95. The van der Waals surface area contributed by atoms with E-state index in [4.69, 9.17) is 16.3 Å². The topological polar surface area (TPSA) is 21.3 Å². The molecule has 0 fully saturated rings. The maximum Gasteiger partial charge on any atom is 0.122 e. The molecule has 3 heteroatoms. The molecule has 1 unspecified atom stereocenters. The van der Waals surface area contributed by atoms with Gasteiger partial charge in [-0.1, -0.05) is 35.9 Å². The highest BCUT2D eigenvalue weighted by atomic mass is 35.5. The quantitative estimate of drug-likeness (QED) is 0.885. The Morgan fingerprint density at radius 3 is 2.43 bits per heavy atom. The van der Waals surface area contributed by atoms with Gasteiger partial charge >= 0.3 is 0 Å². The zero-order valence-corrected chi connectivity index (χ0v) is 13.2. The first-order chi connectivity index (χ1) is 10.1. The van der Waals surface area contributed by atoms with E-state index in [-0.39, 0.29) is 6.04 Å². The van der Waals surface area contributed by atoms with Crippen molar-refractivity contribution < 1.29 is 4.74 Å². The first-order valence-corrected chi connectivity index (χ1v) is 7.78. The standard InChI is InChI=1S/C18H20ClNO/c1-12(14-3-6-17(19)7-4-14)20-13(2)15-5-8-18-16(11-15)9-10-21-18/h3-8,11-13,20H,9-10H2,1-2H3/t12-,13?/m1/s1. The summed E-state index contributed by atoms with van der Waals surface area (Å²) in [5.41, 5.74) is 3.87. The molecule has 0 spiro atoms. The summed E-state index contributed by atoms with van der Waals surface area (Å²) in [7, 11) is 0. The Morgan fingerprint density at radius 2 is 1.67 bits per heavy atom. The summed E-state index contributed by atoms with van der Waals surface area (Å²) < 4.78 is 5.56. The van der Waals surface area contributed by atoms with Crippen LogP contribution in [-0.4, -0.2) is 6.61 Å². The molecule has 0 amide bonds. The van der Waals surface area contributed by atoms with Crippen LogP contribution < -0.4 is 10.1 Å². The lowest BCUT2D eigenvalue weighted by atomic mass is 10.0. The van der Waals surface area contributed by atoms with Crippen molar-refractivity contribution in [3.05, 3.63) is 64.2 Å². The Balaban J connectivity index is 1.70. The van der Waals surface area contributed by atoms with Gasteiger partial charge in [-0.3, -0.25) is 0 Å². The minimum atomic E-state index is 0.279. The Labute approximate surface area is 131 Å². The maximum absolute atomic E-state index is 5.94. The SMILES string of the molecule is CC(N[C@H](C)c1ccc(Cl)cc1)c1ccc2c(c1)CCO2. The lowest BCUT2D eigenvalue weighted by Crippen LogP contribution is -2.22. The van der Waals surface area contributed by atoms with Crippen LogP contribution in [0.2, 0.25) is 5.02 Å². The lowest BCUT2D eigenvalue weighted by molar-refractivity contribution is 0.356. The minimum Gasteiger partial charge on any atom is -0.493 e. The number of rotatable bonds is 4. The van der Waals surface area contributed by atoms with Crippen LogP contribution in [0.3, 0.4) is 0 Å². The van der Waals surface area contributed by atoms with Gasteiger partial charge < -0.3 is 10.1 Å². The Bertz CT molecular complexity index is 624. The van der Waals surface area contributed by atoms with Gasteiger partial charge in [0.05, 0.1) is 6.61 Å². The van der Waals surface area contributed by atoms with Gasteiger partial charge in [-0.2, -0.15) is 0 Å². The average molecular weight is 302 g/mol. The summed E-state index contributed by atoms with van der Waals surface area (Å²) in [5.74, 6) is 1.04. The van der Waals surface area contributed by atoms with Crippen molar-refractivity contribution in [3.63, 3.8) is 0 Å². The van der Waals surface area contributed by atoms with Crippen molar-refractivity contribution in [1.29, 1.82) is 0 Å². The molecule has 2 atom stereocenters. The first kappa shape index (κ1) is 14.4. The van der Waals surface area contributed by atoms with Crippen LogP contribution in [0.15, 0.2) is 42.5 Å². The highest BCUT2D eigenvalue weighted by Gasteiger charge is 2.16. The molecular weight excluding hydrogens is 282 g/mol. The van der Waals surface area contributed by atoms with E-state index in [1.54, 1.807) is 0 Å². The molecule has 1 aliphatic rings. The molecule has 110 valence electrons. The molecule has 0 saturated carbocycles. The van der Waals surface area contributed by atoms with Crippen molar-refractivity contribution in [2.75, 3.05) is 6.61 Å². The van der Waals surface area contributed by atoms with Crippen LogP contribution >= 0.6 is 11.6 Å². The molecule has 3 rings (SSSR count). The number of hydrogen-bond acceptors (Lipinski definition) is 2. The maximum atomic E-state index is 5.94. The molecule has 2 nitrogen and oxygen atoms in total. The van der Waals surface area contributed by atoms with Crippen molar-refractivity contribution in [3.8, 4) is 5.75 Å². The van der Waals surface area contributed by atoms with E-state index in [0.29, 0.717) is 6.04 Å². The fraction of sp³-hybridized carbons (Fsp3) is 0.333. The fourth-order valence-corrected chi connectivity index (χ4v) is 2.92. The van der Waals surface area contributed by atoms with Gasteiger partial charge in [-0.05, 0) is 48.7 Å². The summed E-state index contributed by atoms with van der Waals surface area (Å²) in [6.07, 6.45) is 1.02. The molecule has 21 heavy (non-hydrogen) atoms. The predicted molar refractivity (Wildman–Crippen MR) is 87.1 cm³/mol. The second-order valence-electron chi connectivity index (χ2n) is 5.63. The molecule has 1 N–H and O–H groups in total. The Hall–Kier alpha value is -1.51. The summed E-state index contributed by atoms with van der Waals surface area (Å²) in [5, 5.41) is 4.41. The summed E-state index contributed by atoms with van der Waals surface area (Å²) in [6, 6.07) is 15.1. The van der Waals surface area contributed by atoms with E-state index in [1.165, 1.54) is 16.7 Å². The normalized spacial score (nSPS) is 16.1. The third kappa shape index (κ3) is 3.22. The monoisotopic (exact) mass is 301 g/mol. The first-order valence-electron chi connectivity index (χ1n) is 7.40. The molecule has 0 saturated heterocycles. The van der Waals surface area contributed by atoms with Gasteiger partial charge in [0.2, 0.25) is 0 Å². The Kier molecular flexibility index (Phi) is 4.18. The van der Waals surface area contributed by atoms with Crippen LogP contribution in [0.5, 0.6) is 5.75 Å². The van der Waals surface area contributed by atoms with Gasteiger partial charge in [0.25, 0.3) is 0 Å².